The van der Waals surface area contributed by atoms with E-state index in [9.17, 15) is 9.59 Å². The summed E-state index contributed by atoms with van der Waals surface area (Å²) < 4.78 is 0. The van der Waals surface area contributed by atoms with Crippen molar-refractivity contribution >= 4 is 17.9 Å². The third-order valence-corrected chi connectivity index (χ3v) is 6.99. The number of hydrogen-bond donors (Lipinski definition) is 1. The Balaban J connectivity index is 1.71. The van der Waals surface area contributed by atoms with Gasteiger partial charge in [-0.05, 0) is 79.5 Å². The first kappa shape index (κ1) is 14.9. The quantitative estimate of drug-likeness (QED) is 0.839. The first-order chi connectivity index (χ1) is 11.0. The summed E-state index contributed by atoms with van der Waals surface area (Å²) in [4.78, 5) is 23.2. The van der Waals surface area contributed by atoms with E-state index in [1.807, 2.05) is 0 Å². The van der Waals surface area contributed by atoms with E-state index in [0.717, 1.165) is 49.8 Å². The number of fused-ring (bicyclic) bond motifs is 5. The molecule has 0 bridgehead atoms. The van der Waals surface area contributed by atoms with E-state index in [1.165, 1.54) is 17.5 Å². The van der Waals surface area contributed by atoms with Crippen LogP contribution in [-0.4, -0.2) is 12.2 Å². The van der Waals surface area contributed by atoms with Crippen LogP contribution in [0.3, 0.4) is 0 Å². The number of carbonyl (C=O) groups is 2. The summed E-state index contributed by atoms with van der Waals surface area (Å²) in [5.41, 5.74) is 4.92. The van der Waals surface area contributed by atoms with Gasteiger partial charge in [0.2, 0.25) is 6.41 Å². The molecule has 3 heteroatoms. The summed E-state index contributed by atoms with van der Waals surface area (Å²) in [5.74, 6) is 2.35. The van der Waals surface area contributed by atoms with Gasteiger partial charge in [0.25, 0.3) is 0 Å². The minimum atomic E-state index is -0.0489. The molecule has 3 unspecified atom stereocenters. The number of aryl methyl sites for hydroxylation is 2. The lowest BCUT2D eigenvalue weighted by Gasteiger charge is -2.48. The van der Waals surface area contributed by atoms with Crippen LogP contribution in [0.1, 0.15) is 61.6 Å². The van der Waals surface area contributed by atoms with Crippen LogP contribution in [0.4, 0.5) is 5.69 Å². The molecule has 1 aromatic rings. The fourth-order valence-electron chi connectivity index (χ4n) is 5.73. The average molecular weight is 311 g/mol. The fourth-order valence-corrected chi connectivity index (χ4v) is 5.73. The molecule has 4 atom stereocenters. The summed E-state index contributed by atoms with van der Waals surface area (Å²) in [7, 11) is 0. The molecule has 2 fully saturated rings. The Morgan fingerprint density at radius 3 is 2.83 bits per heavy atom. The number of anilines is 1. The van der Waals surface area contributed by atoms with Crippen molar-refractivity contribution in [3.63, 3.8) is 0 Å². The molecule has 3 aliphatic carbocycles. The summed E-state index contributed by atoms with van der Waals surface area (Å²) >= 11 is 0. The van der Waals surface area contributed by atoms with E-state index in [1.54, 1.807) is 0 Å². The van der Waals surface area contributed by atoms with E-state index in [2.05, 4.69) is 31.3 Å². The number of nitrogens with one attached hydrogen (secondary N) is 1. The number of rotatable bonds is 2. The average Bonchev–Trinajstić information content (AvgIpc) is 2.84. The summed E-state index contributed by atoms with van der Waals surface area (Å²) in [6, 6.07) is 4.46. The van der Waals surface area contributed by atoms with Gasteiger partial charge in [0.15, 0.2) is 0 Å². The first-order valence-electron chi connectivity index (χ1n) is 8.91. The second-order valence-corrected chi connectivity index (χ2v) is 7.96. The lowest BCUT2D eigenvalue weighted by Crippen LogP contribution is -2.42. The van der Waals surface area contributed by atoms with E-state index >= 15 is 0 Å². The van der Waals surface area contributed by atoms with Crippen molar-refractivity contribution in [2.24, 2.45) is 17.3 Å². The van der Waals surface area contributed by atoms with Crippen LogP contribution in [0.2, 0.25) is 0 Å². The zero-order chi connectivity index (χ0) is 16.2. The molecule has 1 N–H and O–H groups in total. The summed E-state index contributed by atoms with van der Waals surface area (Å²) in [6.07, 6.45) is 7.09. The molecule has 1 aromatic carbocycles. The predicted molar refractivity (Wildman–Crippen MR) is 90.5 cm³/mol. The fraction of sp³-hybridized carbons (Fsp3) is 0.600. The van der Waals surface area contributed by atoms with Crippen LogP contribution in [0.5, 0.6) is 0 Å². The Morgan fingerprint density at radius 1 is 1.22 bits per heavy atom. The van der Waals surface area contributed by atoms with Gasteiger partial charge < -0.3 is 5.32 Å². The van der Waals surface area contributed by atoms with Crippen LogP contribution < -0.4 is 5.32 Å². The van der Waals surface area contributed by atoms with Crippen molar-refractivity contribution in [1.82, 2.24) is 0 Å². The molecule has 1 amide bonds. The van der Waals surface area contributed by atoms with Gasteiger partial charge in [-0.1, -0.05) is 13.0 Å². The van der Waals surface area contributed by atoms with Crippen molar-refractivity contribution in [3.8, 4) is 0 Å². The molecule has 0 spiro atoms. The summed E-state index contributed by atoms with van der Waals surface area (Å²) in [6.45, 7) is 4.29. The highest BCUT2D eigenvalue weighted by Gasteiger charge is 2.54. The highest BCUT2D eigenvalue weighted by molar-refractivity contribution is 5.87. The molecule has 3 aliphatic rings. The maximum absolute atomic E-state index is 12.4. The van der Waals surface area contributed by atoms with Gasteiger partial charge in [-0.2, -0.15) is 0 Å². The molecule has 0 aliphatic heterocycles. The molecule has 2 saturated carbocycles. The highest BCUT2D eigenvalue weighted by Crippen LogP contribution is 2.59. The van der Waals surface area contributed by atoms with Gasteiger partial charge in [-0.3, -0.25) is 9.59 Å². The van der Waals surface area contributed by atoms with Gasteiger partial charge in [-0.15, -0.1) is 0 Å². The van der Waals surface area contributed by atoms with E-state index < -0.39 is 0 Å². The Bertz CT molecular complexity index is 680. The molecule has 3 nitrogen and oxygen atoms in total. The lowest BCUT2D eigenvalue weighted by molar-refractivity contribution is -0.129. The molecular formula is C20H25NO2. The molecule has 23 heavy (non-hydrogen) atoms. The Hall–Kier alpha value is -1.64. The molecule has 0 heterocycles. The number of hydrogen-bond acceptors (Lipinski definition) is 2. The monoisotopic (exact) mass is 311 g/mol. The third kappa shape index (κ3) is 2.09. The van der Waals surface area contributed by atoms with Gasteiger partial charge >= 0.3 is 0 Å². The second kappa shape index (κ2) is 5.19. The standard InChI is InChI=1S/C20H25NO2/c1-12-9-16-13(10-18(12)21-11-22)3-4-15-14(16)7-8-20(2)17(15)5-6-19(20)23/h9-11,14-15,17H,3-8H2,1-2H3,(H,21,22)/t14?,15?,17?,20-/m0/s1. The SMILES string of the molecule is Cc1cc2c(cc1NC=O)CCC1C2CC[C@]2(C)C(=O)CCC12. The van der Waals surface area contributed by atoms with Crippen LogP contribution in [0.25, 0.3) is 0 Å². The first-order valence-corrected chi connectivity index (χ1v) is 8.91. The normalized spacial score (nSPS) is 35.2. The van der Waals surface area contributed by atoms with Gasteiger partial charge in [-0.25, -0.2) is 0 Å². The largest absolute Gasteiger partial charge is 0.328 e. The molecular weight excluding hydrogens is 286 g/mol. The lowest BCUT2D eigenvalue weighted by atomic mass is 9.55. The van der Waals surface area contributed by atoms with Crippen LogP contribution in [-0.2, 0) is 16.0 Å². The topological polar surface area (TPSA) is 46.2 Å². The number of benzene rings is 1. The maximum Gasteiger partial charge on any atom is 0.211 e. The molecule has 122 valence electrons. The van der Waals surface area contributed by atoms with Gasteiger partial charge in [0.05, 0.1) is 0 Å². The summed E-state index contributed by atoms with van der Waals surface area (Å²) in [5, 5.41) is 2.82. The minimum Gasteiger partial charge on any atom is -0.328 e. The maximum atomic E-state index is 12.4. The van der Waals surface area contributed by atoms with Gasteiger partial charge in [0, 0.05) is 17.5 Å². The Labute approximate surface area is 137 Å². The molecule has 0 aromatic heterocycles. The number of ketones is 1. The van der Waals surface area contributed by atoms with Gasteiger partial charge in [0.1, 0.15) is 5.78 Å². The molecule has 0 radical (unpaired) electrons. The highest BCUT2D eigenvalue weighted by atomic mass is 16.1. The van der Waals surface area contributed by atoms with Crippen molar-refractivity contribution in [2.45, 2.75) is 58.3 Å². The number of amides is 1. The van der Waals surface area contributed by atoms with Crippen LogP contribution >= 0.6 is 0 Å². The third-order valence-electron chi connectivity index (χ3n) is 6.99. The zero-order valence-electron chi connectivity index (χ0n) is 14.0. The van der Waals surface area contributed by atoms with Crippen molar-refractivity contribution in [1.29, 1.82) is 0 Å². The molecule has 0 saturated heterocycles. The van der Waals surface area contributed by atoms with Crippen LogP contribution in [0.15, 0.2) is 12.1 Å². The second-order valence-electron chi connectivity index (χ2n) is 7.96. The van der Waals surface area contributed by atoms with Crippen LogP contribution in [0, 0.1) is 24.2 Å². The Kier molecular flexibility index (Phi) is 3.36. The number of carbonyl (C=O) groups excluding carboxylic acids is 2. The molecule has 4 rings (SSSR count). The van der Waals surface area contributed by atoms with E-state index in [4.69, 9.17) is 0 Å². The number of Topliss-reactive ketones (excluding diaryl/α,β-unsaturated/α-hetero) is 1. The smallest absolute Gasteiger partial charge is 0.211 e. The van der Waals surface area contributed by atoms with Crippen molar-refractivity contribution < 1.29 is 9.59 Å². The van der Waals surface area contributed by atoms with Crippen molar-refractivity contribution in [3.05, 3.63) is 28.8 Å². The van der Waals surface area contributed by atoms with E-state index in [0.29, 0.717) is 23.5 Å². The predicted octanol–water partition coefficient (Wildman–Crippen LogP) is 3.99. The van der Waals surface area contributed by atoms with Crippen molar-refractivity contribution in [2.75, 3.05) is 5.32 Å². The zero-order valence-corrected chi connectivity index (χ0v) is 14.0. The Morgan fingerprint density at radius 2 is 2.04 bits per heavy atom. The minimum absolute atomic E-state index is 0.0489. The van der Waals surface area contributed by atoms with E-state index in [-0.39, 0.29) is 5.41 Å².